The number of fused-ring (bicyclic) bond motifs is 5. The molecular formula is C12H7Cl6NO4. The van der Waals surface area contributed by atoms with E-state index in [0.29, 0.717) is 0 Å². The van der Waals surface area contributed by atoms with Crippen LogP contribution in [0.4, 0.5) is 0 Å². The summed E-state index contributed by atoms with van der Waals surface area (Å²) < 4.78 is -1.98. The molecule has 4 atom stereocenters. The number of allylic oxidation sites excluding steroid dienone is 2. The quantitative estimate of drug-likeness (QED) is 0.540. The minimum atomic E-state index is -1.98. The molecule has 3 rings (SSSR count). The Morgan fingerprint density at radius 1 is 1.00 bits per heavy atom. The SMILES string of the molecule is O=C(O)CCN1C(=O)[C@H]2[C@H](C1=O)[C@@]1(Cl)C(Cl)=C(Cl)[C@@]2(Cl)C1(Cl)Cl. The van der Waals surface area contributed by atoms with Crippen molar-refractivity contribution in [3.8, 4) is 0 Å². The molecule has 0 spiro atoms. The average Bonchev–Trinajstić information content (AvgIpc) is 2.82. The van der Waals surface area contributed by atoms with Crippen molar-refractivity contribution in [2.24, 2.45) is 11.8 Å². The van der Waals surface area contributed by atoms with Crippen LogP contribution in [0.25, 0.3) is 0 Å². The number of aliphatic carboxylic acids is 1. The molecule has 2 fully saturated rings. The first kappa shape index (κ1) is 17.9. The van der Waals surface area contributed by atoms with Gasteiger partial charge in [-0.2, -0.15) is 0 Å². The molecule has 5 nitrogen and oxygen atoms in total. The number of hydrogen-bond acceptors (Lipinski definition) is 3. The van der Waals surface area contributed by atoms with Crippen LogP contribution < -0.4 is 0 Å². The second kappa shape index (κ2) is 5.05. The smallest absolute Gasteiger partial charge is 0.305 e. The van der Waals surface area contributed by atoms with E-state index in [0.717, 1.165) is 4.90 Å². The number of carboxylic acids is 1. The lowest BCUT2D eigenvalue weighted by atomic mass is 9.84. The first-order valence-corrected chi connectivity index (χ1v) is 8.59. The number of hydrogen-bond donors (Lipinski definition) is 1. The Morgan fingerprint density at radius 2 is 1.39 bits per heavy atom. The third-order valence-corrected chi connectivity index (χ3v) is 8.81. The fourth-order valence-corrected chi connectivity index (χ4v) is 6.41. The third kappa shape index (κ3) is 1.76. The van der Waals surface area contributed by atoms with Gasteiger partial charge in [-0.1, -0.05) is 46.4 Å². The van der Waals surface area contributed by atoms with Gasteiger partial charge in [-0.3, -0.25) is 19.3 Å². The van der Waals surface area contributed by atoms with Crippen LogP contribution in [0.2, 0.25) is 0 Å². The highest BCUT2D eigenvalue weighted by Gasteiger charge is 2.87. The molecule has 126 valence electrons. The van der Waals surface area contributed by atoms with Crippen molar-refractivity contribution in [3.63, 3.8) is 0 Å². The van der Waals surface area contributed by atoms with Gasteiger partial charge >= 0.3 is 5.97 Å². The van der Waals surface area contributed by atoms with E-state index in [-0.39, 0.29) is 16.6 Å². The van der Waals surface area contributed by atoms with Gasteiger partial charge in [-0.05, 0) is 0 Å². The van der Waals surface area contributed by atoms with Gasteiger partial charge in [0.1, 0.15) is 9.75 Å². The Kier molecular flexibility index (Phi) is 3.93. The molecule has 0 aromatic heterocycles. The second-order valence-electron chi connectivity index (χ2n) is 5.55. The predicted octanol–water partition coefficient (Wildman–Crippen LogP) is 2.91. The zero-order valence-corrected chi connectivity index (χ0v) is 15.5. The number of carbonyl (C=O) groups excluding carboxylic acids is 2. The summed E-state index contributed by atoms with van der Waals surface area (Å²) in [6.45, 7) is -0.313. The molecule has 0 aromatic carbocycles. The minimum absolute atomic E-state index is 0.177. The molecule has 2 bridgehead atoms. The lowest BCUT2D eigenvalue weighted by molar-refractivity contribution is -0.142. The lowest BCUT2D eigenvalue weighted by Crippen LogP contribution is -2.50. The summed E-state index contributed by atoms with van der Waals surface area (Å²) in [6, 6.07) is 0. The zero-order chi connectivity index (χ0) is 17.5. The fraction of sp³-hybridized carbons (Fsp3) is 0.583. The number of nitrogens with zero attached hydrogens (tertiary/aromatic N) is 1. The predicted molar refractivity (Wildman–Crippen MR) is 86.3 cm³/mol. The third-order valence-electron chi connectivity index (χ3n) is 4.55. The van der Waals surface area contributed by atoms with Gasteiger partial charge in [0.25, 0.3) is 0 Å². The molecule has 0 aromatic rings. The van der Waals surface area contributed by atoms with Crippen molar-refractivity contribution in [2.75, 3.05) is 6.54 Å². The standard InChI is InChI=1S/C12H7Cl6NO4/c13-6-7(14)11(16)5-4(10(6,15)12(11,17)18)8(22)19(9(5)23)2-1-3(20)21/h4-5H,1-2H2,(H,20,21)/t4-,5-,10-,11-/m1/s1. The van der Waals surface area contributed by atoms with Gasteiger partial charge in [0.15, 0.2) is 4.33 Å². The molecule has 3 aliphatic rings. The Hall–Kier alpha value is 0.0900. The average molecular weight is 442 g/mol. The highest BCUT2D eigenvalue weighted by Crippen LogP contribution is 2.77. The highest BCUT2D eigenvalue weighted by molar-refractivity contribution is 6.66. The number of halogens is 6. The molecule has 1 heterocycles. The Labute approximate surface area is 160 Å². The molecule has 2 aliphatic carbocycles. The van der Waals surface area contributed by atoms with Crippen molar-refractivity contribution in [1.29, 1.82) is 0 Å². The van der Waals surface area contributed by atoms with E-state index >= 15 is 0 Å². The van der Waals surface area contributed by atoms with Crippen LogP contribution >= 0.6 is 69.6 Å². The number of carbonyl (C=O) groups is 3. The molecule has 11 heteroatoms. The monoisotopic (exact) mass is 439 g/mol. The topological polar surface area (TPSA) is 74.7 Å². The fourth-order valence-electron chi connectivity index (χ4n) is 3.48. The maximum Gasteiger partial charge on any atom is 0.305 e. The number of amides is 2. The molecule has 0 radical (unpaired) electrons. The molecular weight excluding hydrogens is 435 g/mol. The molecule has 0 unspecified atom stereocenters. The number of rotatable bonds is 3. The number of alkyl halides is 4. The van der Waals surface area contributed by atoms with Crippen LogP contribution in [-0.4, -0.2) is 48.4 Å². The summed E-state index contributed by atoms with van der Waals surface area (Å²) in [5.74, 6) is -5.02. The highest BCUT2D eigenvalue weighted by atomic mass is 35.5. The molecule has 23 heavy (non-hydrogen) atoms. The van der Waals surface area contributed by atoms with E-state index in [1.807, 2.05) is 0 Å². The van der Waals surface area contributed by atoms with Gasteiger partial charge in [-0.25, -0.2) is 0 Å². The molecule has 1 aliphatic heterocycles. The summed E-state index contributed by atoms with van der Waals surface area (Å²) in [5.41, 5.74) is 0. The maximum absolute atomic E-state index is 12.6. The normalized spacial score (nSPS) is 41.0. The van der Waals surface area contributed by atoms with Crippen LogP contribution in [0.5, 0.6) is 0 Å². The minimum Gasteiger partial charge on any atom is -0.481 e. The van der Waals surface area contributed by atoms with Crippen LogP contribution in [0.15, 0.2) is 10.1 Å². The zero-order valence-electron chi connectivity index (χ0n) is 11.0. The van der Waals surface area contributed by atoms with Crippen molar-refractivity contribution in [3.05, 3.63) is 10.1 Å². The van der Waals surface area contributed by atoms with Gasteiger partial charge in [0, 0.05) is 6.54 Å². The van der Waals surface area contributed by atoms with Gasteiger partial charge in [0.05, 0.1) is 28.3 Å². The molecule has 1 N–H and O–H groups in total. The summed E-state index contributed by atoms with van der Waals surface area (Å²) in [7, 11) is 0. The Morgan fingerprint density at radius 3 is 1.74 bits per heavy atom. The lowest BCUT2D eigenvalue weighted by Gasteiger charge is -2.34. The van der Waals surface area contributed by atoms with Crippen LogP contribution in [0.3, 0.4) is 0 Å². The number of imide groups is 1. The van der Waals surface area contributed by atoms with E-state index < -0.39 is 50.1 Å². The van der Waals surface area contributed by atoms with E-state index in [2.05, 4.69) is 0 Å². The van der Waals surface area contributed by atoms with Crippen molar-refractivity contribution in [1.82, 2.24) is 4.90 Å². The molecule has 1 saturated heterocycles. The van der Waals surface area contributed by atoms with Crippen LogP contribution in [-0.2, 0) is 14.4 Å². The molecule has 1 saturated carbocycles. The first-order valence-electron chi connectivity index (χ1n) is 6.32. The van der Waals surface area contributed by atoms with Gasteiger partial charge in [-0.15, -0.1) is 23.2 Å². The largest absolute Gasteiger partial charge is 0.481 e. The van der Waals surface area contributed by atoms with Crippen molar-refractivity contribution < 1.29 is 19.5 Å². The summed E-state index contributed by atoms with van der Waals surface area (Å²) in [5, 5.41) is 8.39. The maximum atomic E-state index is 12.6. The number of carboxylic acid groups (broad SMARTS) is 1. The van der Waals surface area contributed by atoms with Crippen LogP contribution in [0, 0.1) is 11.8 Å². The van der Waals surface area contributed by atoms with E-state index in [1.165, 1.54) is 0 Å². The van der Waals surface area contributed by atoms with E-state index in [9.17, 15) is 14.4 Å². The molecule has 2 amide bonds. The second-order valence-corrected chi connectivity index (χ2v) is 8.83. The summed E-state index contributed by atoms with van der Waals surface area (Å²) in [6.07, 6.45) is -0.413. The van der Waals surface area contributed by atoms with Crippen LogP contribution in [0.1, 0.15) is 6.42 Å². The summed E-state index contributed by atoms with van der Waals surface area (Å²) >= 11 is 37.7. The van der Waals surface area contributed by atoms with E-state index in [1.54, 1.807) is 0 Å². The Bertz CT molecular complexity index is 647. The Balaban J connectivity index is 2.11. The van der Waals surface area contributed by atoms with Gasteiger partial charge in [0.2, 0.25) is 11.8 Å². The van der Waals surface area contributed by atoms with Crippen molar-refractivity contribution in [2.45, 2.75) is 20.5 Å². The van der Waals surface area contributed by atoms with Crippen molar-refractivity contribution >= 4 is 87.4 Å². The van der Waals surface area contributed by atoms with Gasteiger partial charge < -0.3 is 5.11 Å². The number of likely N-dealkylation sites (tertiary alicyclic amines) is 1. The van der Waals surface area contributed by atoms with E-state index in [4.69, 9.17) is 74.7 Å². The summed E-state index contributed by atoms with van der Waals surface area (Å²) in [4.78, 5) is 33.0. The first-order chi connectivity index (χ1) is 10.4.